The summed E-state index contributed by atoms with van der Waals surface area (Å²) in [5.41, 5.74) is 3.50. The van der Waals surface area contributed by atoms with Crippen LogP contribution in [0.3, 0.4) is 0 Å². The highest BCUT2D eigenvalue weighted by Gasteiger charge is 2.26. The summed E-state index contributed by atoms with van der Waals surface area (Å²) >= 11 is 0. The summed E-state index contributed by atoms with van der Waals surface area (Å²) in [7, 11) is 3.98. The van der Waals surface area contributed by atoms with Gasteiger partial charge in [-0.3, -0.25) is 0 Å². The molecule has 0 amide bonds. The lowest BCUT2D eigenvalue weighted by Gasteiger charge is -2.29. The third kappa shape index (κ3) is 3.78. The molecule has 2 atom stereocenters. The second-order valence-corrected chi connectivity index (χ2v) is 6.41. The number of hydrogen-bond acceptors (Lipinski definition) is 3. The molecular formula is C16H26N2O. The Bertz CT molecular complexity index is 440. The van der Waals surface area contributed by atoms with Crippen LogP contribution in [0.2, 0.25) is 0 Å². The van der Waals surface area contributed by atoms with E-state index in [2.05, 4.69) is 30.4 Å². The van der Waals surface area contributed by atoms with Crippen LogP contribution in [0.4, 0.5) is 0 Å². The molecule has 0 fully saturated rings. The molecule has 0 aliphatic heterocycles. The van der Waals surface area contributed by atoms with Gasteiger partial charge in [0.15, 0.2) is 0 Å². The topological polar surface area (TPSA) is 35.5 Å². The van der Waals surface area contributed by atoms with Crippen LogP contribution in [0.15, 0.2) is 18.2 Å². The van der Waals surface area contributed by atoms with E-state index in [1.807, 2.05) is 25.9 Å². The van der Waals surface area contributed by atoms with Gasteiger partial charge < -0.3 is 15.3 Å². The Morgan fingerprint density at radius 1 is 1.42 bits per heavy atom. The molecular weight excluding hydrogens is 236 g/mol. The molecule has 3 heteroatoms. The molecule has 0 saturated carbocycles. The zero-order valence-electron chi connectivity index (χ0n) is 12.5. The summed E-state index contributed by atoms with van der Waals surface area (Å²) in [6.45, 7) is 5.33. The summed E-state index contributed by atoms with van der Waals surface area (Å²) in [6, 6.07) is 7.09. The van der Waals surface area contributed by atoms with Gasteiger partial charge in [0, 0.05) is 19.1 Å². The highest BCUT2D eigenvalue weighted by Crippen LogP contribution is 2.31. The van der Waals surface area contributed by atoms with Crippen molar-refractivity contribution in [1.82, 2.24) is 10.2 Å². The summed E-state index contributed by atoms with van der Waals surface area (Å²) in [5.74, 6) is 0. The van der Waals surface area contributed by atoms with Gasteiger partial charge in [-0.1, -0.05) is 23.8 Å². The van der Waals surface area contributed by atoms with E-state index in [0.717, 1.165) is 12.8 Å². The predicted molar refractivity (Wildman–Crippen MR) is 79.4 cm³/mol. The Morgan fingerprint density at radius 3 is 2.84 bits per heavy atom. The zero-order chi connectivity index (χ0) is 14.0. The molecule has 19 heavy (non-hydrogen) atoms. The molecule has 1 aliphatic rings. The molecule has 0 bridgehead atoms. The number of nitrogens with zero attached hydrogens (tertiary/aromatic N) is 1. The SMILES string of the molecule is Cc1ccc2c(c1)C(NCC(C)(O)CN(C)C)CC2. The largest absolute Gasteiger partial charge is 0.388 e. The van der Waals surface area contributed by atoms with E-state index < -0.39 is 5.60 Å². The molecule has 1 aromatic carbocycles. The van der Waals surface area contributed by atoms with Crippen molar-refractivity contribution in [2.24, 2.45) is 0 Å². The van der Waals surface area contributed by atoms with Gasteiger partial charge in [-0.05, 0) is 51.9 Å². The Kier molecular flexibility index (Phi) is 4.29. The molecule has 2 rings (SSSR count). The third-order valence-corrected chi connectivity index (χ3v) is 3.77. The molecule has 0 radical (unpaired) electrons. The molecule has 0 aromatic heterocycles. The number of fused-ring (bicyclic) bond motifs is 1. The minimum Gasteiger partial charge on any atom is -0.388 e. The van der Waals surface area contributed by atoms with E-state index in [1.165, 1.54) is 16.7 Å². The van der Waals surface area contributed by atoms with Gasteiger partial charge in [0.25, 0.3) is 0 Å². The van der Waals surface area contributed by atoms with Crippen molar-refractivity contribution in [1.29, 1.82) is 0 Å². The van der Waals surface area contributed by atoms with Crippen molar-refractivity contribution in [3.8, 4) is 0 Å². The van der Waals surface area contributed by atoms with Crippen LogP contribution in [0, 0.1) is 6.92 Å². The van der Waals surface area contributed by atoms with Gasteiger partial charge in [0.2, 0.25) is 0 Å². The van der Waals surface area contributed by atoms with Gasteiger partial charge in [-0.15, -0.1) is 0 Å². The number of rotatable bonds is 5. The summed E-state index contributed by atoms with van der Waals surface area (Å²) < 4.78 is 0. The molecule has 3 nitrogen and oxygen atoms in total. The molecule has 106 valence electrons. The van der Waals surface area contributed by atoms with Crippen LogP contribution in [-0.4, -0.2) is 42.8 Å². The van der Waals surface area contributed by atoms with Gasteiger partial charge in [-0.2, -0.15) is 0 Å². The normalized spacial score (nSPS) is 21.5. The van der Waals surface area contributed by atoms with E-state index >= 15 is 0 Å². The first-order chi connectivity index (χ1) is 8.87. The Morgan fingerprint density at radius 2 is 2.16 bits per heavy atom. The van der Waals surface area contributed by atoms with Crippen LogP contribution >= 0.6 is 0 Å². The first-order valence-electron chi connectivity index (χ1n) is 7.07. The van der Waals surface area contributed by atoms with Crippen LogP contribution in [-0.2, 0) is 6.42 Å². The van der Waals surface area contributed by atoms with Crippen LogP contribution in [0.5, 0.6) is 0 Å². The van der Waals surface area contributed by atoms with E-state index in [-0.39, 0.29) is 0 Å². The second-order valence-electron chi connectivity index (χ2n) is 6.41. The monoisotopic (exact) mass is 262 g/mol. The zero-order valence-corrected chi connectivity index (χ0v) is 12.5. The van der Waals surface area contributed by atoms with Crippen molar-refractivity contribution in [3.63, 3.8) is 0 Å². The number of aliphatic hydroxyl groups is 1. The van der Waals surface area contributed by atoms with Crippen molar-refractivity contribution in [3.05, 3.63) is 34.9 Å². The van der Waals surface area contributed by atoms with E-state index in [1.54, 1.807) is 0 Å². The molecule has 2 unspecified atom stereocenters. The lowest BCUT2D eigenvalue weighted by molar-refractivity contribution is 0.0313. The van der Waals surface area contributed by atoms with E-state index in [0.29, 0.717) is 19.1 Å². The standard InChI is InChI=1S/C16H26N2O/c1-12-5-6-13-7-8-15(14(13)9-12)17-10-16(2,19)11-18(3)4/h5-6,9,15,17,19H,7-8,10-11H2,1-4H3. The number of nitrogens with one attached hydrogen (secondary N) is 1. The Hall–Kier alpha value is -0.900. The minimum atomic E-state index is -0.684. The fourth-order valence-electron chi connectivity index (χ4n) is 3.01. The minimum absolute atomic E-state index is 0.392. The highest BCUT2D eigenvalue weighted by atomic mass is 16.3. The number of likely N-dealkylation sites (N-methyl/N-ethyl adjacent to an activating group) is 1. The fourth-order valence-corrected chi connectivity index (χ4v) is 3.01. The lowest BCUT2D eigenvalue weighted by atomic mass is 10.0. The van der Waals surface area contributed by atoms with Crippen LogP contribution < -0.4 is 5.32 Å². The maximum Gasteiger partial charge on any atom is 0.0869 e. The van der Waals surface area contributed by atoms with Gasteiger partial charge in [0.05, 0.1) is 5.60 Å². The second kappa shape index (κ2) is 5.61. The molecule has 2 N–H and O–H groups in total. The first-order valence-corrected chi connectivity index (χ1v) is 7.07. The molecule has 1 aliphatic carbocycles. The Labute approximate surface area is 116 Å². The maximum atomic E-state index is 10.3. The van der Waals surface area contributed by atoms with Crippen molar-refractivity contribution >= 4 is 0 Å². The quantitative estimate of drug-likeness (QED) is 0.850. The fraction of sp³-hybridized carbons (Fsp3) is 0.625. The van der Waals surface area contributed by atoms with Crippen LogP contribution in [0.1, 0.15) is 36.1 Å². The summed E-state index contributed by atoms with van der Waals surface area (Å²) in [4.78, 5) is 2.02. The van der Waals surface area contributed by atoms with Gasteiger partial charge in [0.1, 0.15) is 0 Å². The van der Waals surface area contributed by atoms with Gasteiger partial charge >= 0.3 is 0 Å². The number of aryl methyl sites for hydroxylation is 2. The molecule has 1 aromatic rings. The lowest BCUT2D eigenvalue weighted by Crippen LogP contribution is -2.46. The average molecular weight is 262 g/mol. The Balaban J connectivity index is 1.98. The number of hydrogen-bond donors (Lipinski definition) is 2. The van der Waals surface area contributed by atoms with Crippen molar-refractivity contribution < 1.29 is 5.11 Å². The van der Waals surface area contributed by atoms with E-state index in [9.17, 15) is 5.11 Å². The molecule has 0 spiro atoms. The molecule has 0 saturated heterocycles. The smallest absolute Gasteiger partial charge is 0.0869 e. The summed E-state index contributed by atoms with van der Waals surface area (Å²) in [5, 5.41) is 13.9. The van der Waals surface area contributed by atoms with Gasteiger partial charge in [-0.25, -0.2) is 0 Å². The highest BCUT2D eigenvalue weighted by molar-refractivity contribution is 5.37. The summed E-state index contributed by atoms with van der Waals surface area (Å²) in [6.07, 6.45) is 2.28. The average Bonchev–Trinajstić information content (AvgIpc) is 2.67. The number of benzene rings is 1. The molecule has 0 heterocycles. The van der Waals surface area contributed by atoms with Crippen molar-refractivity contribution in [2.45, 2.75) is 38.3 Å². The predicted octanol–water partition coefficient (Wildman–Crippen LogP) is 1.88. The van der Waals surface area contributed by atoms with E-state index in [4.69, 9.17) is 0 Å². The third-order valence-electron chi connectivity index (χ3n) is 3.77. The first kappa shape index (κ1) is 14.5. The maximum absolute atomic E-state index is 10.3. The van der Waals surface area contributed by atoms with Crippen LogP contribution in [0.25, 0.3) is 0 Å². The van der Waals surface area contributed by atoms with Crippen molar-refractivity contribution in [2.75, 3.05) is 27.2 Å².